The third-order valence-electron chi connectivity index (χ3n) is 3.78. The summed E-state index contributed by atoms with van der Waals surface area (Å²) in [5.41, 5.74) is -0.323. The topological polar surface area (TPSA) is 110 Å². The van der Waals surface area contributed by atoms with Crippen molar-refractivity contribution in [3.63, 3.8) is 0 Å². The van der Waals surface area contributed by atoms with Crippen molar-refractivity contribution in [2.75, 3.05) is 6.54 Å². The zero-order valence-electron chi connectivity index (χ0n) is 14.2. The van der Waals surface area contributed by atoms with Crippen LogP contribution in [0.5, 0.6) is 0 Å². The smallest absolute Gasteiger partial charge is 0.310 e. The van der Waals surface area contributed by atoms with Crippen LogP contribution in [0, 0.1) is 5.41 Å². The molecular formula is C16H20ClN5O3. The van der Waals surface area contributed by atoms with E-state index in [1.165, 1.54) is 4.80 Å². The molecule has 2 rings (SSSR count). The molecule has 0 saturated heterocycles. The first-order valence-corrected chi connectivity index (χ1v) is 8.19. The normalized spacial score (nSPS) is 12.6. The number of carboxylic acid groups (broad SMARTS) is 1. The summed E-state index contributed by atoms with van der Waals surface area (Å²) < 4.78 is 0. The molecule has 0 bridgehead atoms. The Balaban J connectivity index is 2.11. The quantitative estimate of drug-likeness (QED) is 0.778. The highest BCUT2D eigenvalue weighted by Crippen LogP contribution is 2.19. The maximum absolute atomic E-state index is 12.4. The molecule has 1 atom stereocenters. The van der Waals surface area contributed by atoms with E-state index in [-0.39, 0.29) is 12.5 Å². The number of nitrogens with zero attached hydrogens (tertiary/aromatic N) is 4. The molecule has 0 aliphatic rings. The number of hydrogen-bond acceptors (Lipinski definition) is 5. The van der Waals surface area contributed by atoms with E-state index >= 15 is 0 Å². The highest BCUT2D eigenvalue weighted by atomic mass is 35.5. The van der Waals surface area contributed by atoms with Crippen molar-refractivity contribution in [3.8, 4) is 11.4 Å². The molecule has 2 aromatic rings. The number of aliphatic carboxylic acids is 1. The fraction of sp³-hybridized carbons (Fsp3) is 0.438. The molecule has 0 aliphatic heterocycles. The number of hydrogen-bond donors (Lipinski definition) is 2. The van der Waals surface area contributed by atoms with Gasteiger partial charge in [0.15, 0.2) is 6.04 Å². The van der Waals surface area contributed by atoms with Crippen LogP contribution in [0.15, 0.2) is 24.3 Å². The minimum absolute atomic E-state index is 0.0103. The highest BCUT2D eigenvalue weighted by molar-refractivity contribution is 6.30. The summed E-state index contributed by atoms with van der Waals surface area (Å²) in [4.78, 5) is 24.8. The summed E-state index contributed by atoms with van der Waals surface area (Å²) in [5, 5.41) is 24.5. The van der Waals surface area contributed by atoms with Crippen LogP contribution in [-0.2, 0) is 9.59 Å². The summed E-state index contributed by atoms with van der Waals surface area (Å²) in [6.07, 6.45) is 0.440. The zero-order valence-corrected chi connectivity index (χ0v) is 15.0. The fourth-order valence-electron chi connectivity index (χ4n) is 2.03. The minimum Gasteiger partial charge on any atom is -0.481 e. The standard InChI is InChI=1S/C16H20ClN5O3/c1-4-12(14(23)18-9-16(2,3)15(24)25)22-20-13(19-21-22)10-5-7-11(17)8-6-10/h5-8,12H,4,9H2,1-3H3,(H,18,23)(H,24,25). The fourth-order valence-corrected chi connectivity index (χ4v) is 2.15. The van der Waals surface area contributed by atoms with E-state index in [4.69, 9.17) is 16.7 Å². The average molecular weight is 366 g/mol. The van der Waals surface area contributed by atoms with Gasteiger partial charge >= 0.3 is 5.97 Å². The van der Waals surface area contributed by atoms with E-state index in [1.807, 2.05) is 6.92 Å². The van der Waals surface area contributed by atoms with Crippen LogP contribution in [0.3, 0.4) is 0 Å². The van der Waals surface area contributed by atoms with Crippen molar-refractivity contribution in [2.45, 2.75) is 33.2 Å². The SMILES string of the molecule is CCC(C(=O)NCC(C)(C)C(=O)O)n1nnc(-c2ccc(Cl)cc2)n1. The molecule has 134 valence electrons. The molecule has 1 aromatic heterocycles. The number of benzene rings is 1. The lowest BCUT2D eigenvalue weighted by atomic mass is 9.94. The van der Waals surface area contributed by atoms with Crippen molar-refractivity contribution < 1.29 is 14.7 Å². The summed E-state index contributed by atoms with van der Waals surface area (Å²) in [6, 6.07) is 6.30. The van der Waals surface area contributed by atoms with Gasteiger partial charge in [-0.15, -0.1) is 10.2 Å². The third kappa shape index (κ3) is 4.54. The van der Waals surface area contributed by atoms with E-state index in [9.17, 15) is 9.59 Å². The Kier molecular flexibility index (Phi) is 5.73. The van der Waals surface area contributed by atoms with Crippen LogP contribution in [0.25, 0.3) is 11.4 Å². The first kappa shape index (κ1) is 18.9. The predicted octanol–water partition coefficient (Wildman–Crippen LogP) is 2.17. The van der Waals surface area contributed by atoms with Gasteiger partial charge in [-0.3, -0.25) is 9.59 Å². The molecule has 8 nitrogen and oxygen atoms in total. The Morgan fingerprint density at radius 1 is 1.32 bits per heavy atom. The summed E-state index contributed by atoms with van der Waals surface area (Å²) in [7, 11) is 0. The van der Waals surface area contributed by atoms with Gasteiger partial charge in [0.05, 0.1) is 5.41 Å². The molecule has 0 fully saturated rings. The van der Waals surface area contributed by atoms with Gasteiger partial charge in [0.1, 0.15) is 0 Å². The number of amides is 1. The Bertz CT molecular complexity index is 757. The van der Waals surface area contributed by atoms with Crippen molar-refractivity contribution >= 4 is 23.5 Å². The molecule has 1 heterocycles. The number of carboxylic acids is 1. The largest absolute Gasteiger partial charge is 0.481 e. The molecule has 0 aliphatic carbocycles. The first-order valence-electron chi connectivity index (χ1n) is 7.81. The Morgan fingerprint density at radius 3 is 2.52 bits per heavy atom. The van der Waals surface area contributed by atoms with Crippen molar-refractivity contribution in [1.82, 2.24) is 25.5 Å². The van der Waals surface area contributed by atoms with Gasteiger partial charge in [-0.1, -0.05) is 18.5 Å². The molecule has 0 spiro atoms. The van der Waals surface area contributed by atoms with Crippen LogP contribution in [0.4, 0.5) is 0 Å². The predicted molar refractivity (Wildman–Crippen MR) is 92.0 cm³/mol. The third-order valence-corrected chi connectivity index (χ3v) is 4.03. The molecule has 0 radical (unpaired) electrons. The number of rotatable bonds is 7. The van der Waals surface area contributed by atoms with Gasteiger partial charge in [-0.05, 0) is 49.7 Å². The second-order valence-corrected chi connectivity index (χ2v) is 6.71. The lowest BCUT2D eigenvalue weighted by Crippen LogP contribution is -2.42. The van der Waals surface area contributed by atoms with Gasteiger partial charge < -0.3 is 10.4 Å². The summed E-state index contributed by atoms with van der Waals surface area (Å²) in [6.45, 7) is 4.92. The number of tetrazole rings is 1. The number of carbonyl (C=O) groups excluding carboxylic acids is 1. The van der Waals surface area contributed by atoms with Crippen molar-refractivity contribution in [2.24, 2.45) is 5.41 Å². The van der Waals surface area contributed by atoms with Gasteiger partial charge in [0, 0.05) is 17.1 Å². The monoisotopic (exact) mass is 365 g/mol. The Labute approximate surface area is 150 Å². The van der Waals surface area contributed by atoms with Crippen LogP contribution in [0.1, 0.15) is 33.2 Å². The molecule has 2 N–H and O–H groups in total. The molecule has 1 aromatic carbocycles. The van der Waals surface area contributed by atoms with Crippen LogP contribution < -0.4 is 5.32 Å². The molecule has 9 heteroatoms. The van der Waals surface area contributed by atoms with E-state index in [1.54, 1.807) is 38.1 Å². The number of aromatic nitrogens is 4. The Morgan fingerprint density at radius 2 is 1.96 bits per heavy atom. The second kappa shape index (κ2) is 7.60. The summed E-state index contributed by atoms with van der Waals surface area (Å²) >= 11 is 5.86. The molecule has 25 heavy (non-hydrogen) atoms. The number of carbonyl (C=O) groups is 2. The van der Waals surface area contributed by atoms with Crippen LogP contribution in [-0.4, -0.2) is 43.7 Å². The van der Waals surface area contributed by atoms with E-state index < -0.39 is 17.4 Å². The van der Waals surface area contributed by atoms with Crippen LogP contribution >= 0.6 is 11.6 Å². The lowest BCUT2D eigenvalue weighted by molar-refractivity contribution is -0.146. The van der Waals surface area contributed by atoms with Gasteiger partial charge in [-0.2, -0.15) is 4.80 Å². The minimum atomic E-state index is -1.06. The summed E-state index contributed by atoms with van der Waals surface area (Å²) in [5.74, 6) is -0.949. The lowest BCUT2D eigenvalue weighted by Gasteiger charge is -2.21. The van der Waals surface area contributed by atoms with E-state index in [0.29, 0.717) is 17.3 Å². The van der Waals surface area contributed by atoms with Gasteiger partial charge in [0.25, 0.3) is 0 Å². The maximum atomic E-state index is 12.4. The molecule has 1 unspecified atom stereocenters. The molecular weight excluding hydrogens is 346 g/mol. The highest BCUT2D eigenvalue weighted by Gasteiger charge is 2.30. The Hall–Kier alpha value is -2.48. The average Bonchev–Trinajstić information content (AvgIpc) is 3.04. The van der Waals surface area contributed by atoms with Gasteiger partial charge in [0.2, 0.25) is 11.7 Å². The van der Waals surface area contributed by atoms with Crippen LogP contribution in [0.2, 0.25) is 5.02 Å². The zero-order chi connectivity index (χ0) is 18.6. The second-order valence-electron chi connectivity index (χ2n) is 6.27. The molecule has 1 amide bonds. The van der Waals surface area contributed by atoms with E-state index in [0.717, 1.165) is 5.56 Å². The number of nitrogens with one attached hydrogen (secondary N) is 1. The van der Waals surface area contributed by atoms with Crippen molar-refractivity contribution in [3.05, 3.63) is 29.3 Å². The van der Waals surface area contributed by atoms with Gasteiger partial charge in [-0.25, -0.2) is 0 Å². The molecule has 0 saturated carbocycles. The number of halogens is 1. The van der Waals surface area contributed by atoms with Crippen molar-refractivity contribution in [1.29, 1.82) is 0 Å². The van der Waals surface area contributed by atoms with E-state index in [2.05, 4.69) is 20.7 Å². The maximum Gasteiger partial charge on any atom is 0.310 e. The first-order chi connectivity index (χ1) is 11.7.